The first-order valence-corrected chi connectivity index (χ1v) is 9.30. The summed E-state index contributed by atoms with van der Waals surface area (Å²) in [5.41, 5.74) is 1.08. The van der Waals surface area contributed by atoms with E-state index in [1.807, 2.05) is 32.0 Å². The number of carbonyl (C=O) groups excluding carboxylic acids is 1. The predicted octanol–water partition coefficient (Wildman–Crippen LogP) is 4.11. The van der Waals surface area contributed by atoms with Crippen molar-refractivity contribution < 1.29 is 9.21 Å². The highest BCUT2D eigenvalue weighted by Crippen LogP contribution is 2.36. The second kappa shape index (κ2) is 7.84. The maximum absolute atomic E-state index is 12.6. The summed E-state index contributed by atoms with van der Waals surface area (Å²) >= 11 is 0. The molecular weight excluding hydrogens is 326 g/mol. The largest absolute Gasteiger partial charge is 0.435 e. The second-order valence-corrected chi connectivity index (χ2v) is 7.20. The molecular formula is C21H25N3O2. The van der Waals surface area contributed by atoms with Crippen LogP contribution >= 0.6 is 0 Å². The zero-order chi connectivity index (χ0) is 18.6. The van der Waals surface area contributed by atoms with E-state index >= 15 is 0 Å². The van der Waals surface area contributed by atoms with Crippen molar-refractivity contribution >= 4 is 5.78 Å². The van der Waals surface area contributed by atoms with Crippen LogP contribution in [0, 0.1) is 11.3 Å². The molecule has 0 bridgehead atoms. The predicted molar refractivity (Wildman–Crippen MR) is 98.8 cm³/mol. The third-order valence-electron chi connectivity index (χ3n) is 4.88. The van der Waals surface area contributed by atoms with Gasteiger partial charge in [0.2, 0.25) is 5.78 Å². The molecule has 0 spiro atoms. The summed E-state index contributed by atoms with van der Waals surface area (Å²) in [6.07, 6.45) is 3.58. The van der Waals surface area contributed by atoms with Gasteiger partial charge in [0.25, 0.3) is 5.89 Å². The summed E-state index contributed by atoms with van der Waals surface area (Å²) in [6.45, 7) is 4.78. The molecule has 1 N–H and O–H groups in total. The third kappa shape index (κ3) is 3.71. The zero-order valence-corrected chi connectivity index (χ0v) is 15.4. The zero-order valence-electron chi connectivity index (χ0n) is 15.4. The van der Waals surface area contributed by atoms with Gasteiger partial charge in [-0.15, -0.1) is 0 Å². The van der Waals surface area contributed by atoms with Gasteiger partial charge < -0.3 is 4.42 Å². The summed E-state index contributed by atoms with van der Waals surface area (Å²) in [7, 11) is 0. The van der Waals surface area contributed by atoms with E-state index in [1.54, 1.807) is 0 Å². The molecule has 0 radical (unpaired) electrons. The average molecular weight is 351 g/mol. The van der Waals surface area contributed by atoms with Gasteiger partial charge in [-0.2, -0.15) is 5.26 Å². The third-order valence-corrected chi connectivity index (χ3v) is 4.88. The fourth-order valence-corrected chi connectivity index (χ4v) is 3.44. The molecule has 1 aromatic carbocycles. The molecule has 1 aromatic heterocycles. The number of nitriles is 1. The number of hydrogen-bond donors (Lipinski definition) is 1. The fraction of sp³-hybridized carbons (Fsp3) is 0.476. The summed E-state index contributed by atoms with van der Waals surface area (Å²) in [5, 5.41) is 12.9. The van der Waals surface area contributed by atoms with E-state index in [2.05, 4.69) is 28.5 Å². The second-order valence-electron chi connectivity index (χ2n) is 7.20. The Morgan fingerprint density at radius 3 is 2.77 bits per heavy atom. The standard InChI is InChI=1S/C21H25N3O2/c1-15(2)18-19(21(14-22)12-7-13-23-21)26-20(24-18)17(25)11-6-10-16-8-4-3-5-9-16/h3-5,8-9,15,23H,6-7,10-13H2,1-2H3/t21-/m0/s1. The molecule has 0 amide bonds. The van der Waals surface area contributed by atoms with Crippen LogP contribution in [0.1, 0.15) is 73.2 Å². The van der Waals surface area contributed by atoms with Gasteiger partial charge in [0, 0.05) is 6.42 Å². The van der Waals surface area contributed by atoms with E-state index in [1.165, 1.54) is 5.56 Å². The fourth-order valence-electron chi connectivity index (χ4n) is 3.44. The average Bonchev–Trinajstić information content (AvgIpc) is 3.30. The molecule has 1 saturated heterocycles. The lowest BCUT2D eigenvalue weighted by Crippen LogP contribution is -2.35. The van der Waals surface area contributed by atoms with E-state index in [4.69, 9.17) is 4.42 Å². The van der Waals surface area contributed by atoms with Crippen molar-refractivity contribution in [2.24, 2.45) is 0 Å². The van der Waals surface area contributed by atoms with Gasteiger partial charge in [-0.05, 0) is 43.7 Å². The summed E-state index contributed by atoms with van der Waals surface area (Å²) in [5.74, 6) is 0.659. The van der Waals surface area contributed by atoms with E-state index in [0.29, 0.717) is 24.3 Å². The van der Waals surface area contributed by atoms with Gasteiger partial charge in [0.05, 0.1) is 11.8 Å². The van der Waals surface area contributed by atoms with Crippen molar-refractivity contribution in [2.45, 2.75) is 57.4 Å². The van der Waals surface area contributed by atoms with Crippen LogP contribution in [0.15, 0.2) is 34.7 Å². The number of oxazole rings is 1. The molecule has 1 atom stereocenters. The number of Topliss-reactive ketones (excluding diaryl/α,β-unsaturated/α-hetero) is 1. The Balaban J connectivity index is 1.74. The topological polar surface area (TPSA) is 78.9 Å². The van der Waals surface area contributed by atoms with Crippen molar-refractivity contribution in [1.82, 2.24) is 10.3 Å². The van der Waals surface area contributed by atoms with Crippen molar-refractivity contribution in [3.63, 3.8) is 0 Å². The highest BCUT2D eigenvalue weighted by molar-refractivity contribution is 5.91. The molecule has 1 aliphatic heterocycles. The van der Waals surface area contributed by atoms with Gasteiger partial charge in [0.15, 0.2) is 11.3 Å². The maximum atomic E-state index is 12.6. The van der Waals surface area contributed by atoms with E-state index < -0.39 is 5.54 Å². The van der Waals surface area contributed by atoms with Crippen LogP contribution in [0.25, 0.3) is 0 Å². The maximum Gasteiger partial charge on any atom is 0.263 e. The molecule has 1 aliphatic rings. The van der Waals surface area contributed by atoms with Crippen molar-refractivity contribution in [3.05, 3.63) is 53.2 Å². The number of aryl methyl sites for hydroxylation is 1. The molecule has 26 heavy (non-hydrogen) atoms. The van der Waals surface area contributed by atoms with E-state index in [0.717, 1.165) is 25.8 Å². The van der Waals surface area contributed by atoms with E-state index in [9.17, 15) is 10.1 Å². The lowest BCUT2D eigenvalue weighted by molar-refractivity contribution is 0.0943. The number of benzene rings is 1. The molecule has 5 nitrogen and oxygen atoms in total. The Bertz CT molecular complexity index is 796. The summed E-state index contributed by atoms with van der Waals surface area (Å²) in [6, 6.07) is 12.5. The van der Waals surface area contributed by atoms with Gasteiger partial charge in [-0.1, -0.05) is 44.2 Å². The van der Waals surface area contributed by atoms with Gasteiger partial charge in [0.1, 0.15) is 0 Å². The Hall–Kier alpha value is -2.45. The Morgan fingerprint density at radius 1 is 1.38 bits per heavy atom. The molecule has 5 heteroatoms. The van der Waals surface area contributed by atoms with Crippen LogP contribution < -0.4 is 5.32 Å². The van der Waals surface area contributed by atoms with E-state index in [-0.39, 0.29) is 17.6 Å². The number of ketones is 1. The quantitative estimate of drug-likeness (QED) is 0.760. The minimum absolute atomic E-state index is 0.0900. The molecule has 0 saturated carbocycles. The molecule has 136 valence electrons. The monoisotopic (exact) mass is 351 g/mol. The molecule has 2 aromatic rings. The SMILES string of the molecule is CC(C)c1nc(C(=O)CCCc2ccccc2)oc1[C@@]1(C#N)CCCN1. The Morgan fingerprint density at radius 2 is 2.15 bits per heavy atom. The first kappa shape index (κ1) is 18.3. The minimum atomic E-state index is -0.852. The summed E-state index contributed by atoms with van der Waals surface area (Å²) in [4.78, 5) is 17.0. The lowest BCUT2D eigenvalue weighted by atomic mass is 9.92. The van der Waals surface area contributed by atoms with Gasteiger partial charge in [-0.25, -0.2) is 4.98 Å². The van der Waals surface area contributed by atoms with Crippen molar-refractivity contribution in [3.8, 4) is 6.07 Å². The number of aromatic nitrogens is 1. The van der Waals surface area contributed by atoms with Gasteiger partial charge in [-0.3, -0.25) is 10.1 Å². The number of rotatable bonds is 7. The smallest absolute Gasteiger partial charge is 0.263 e. The first-order chi connectivity index (χ1) is 12.6. The highest BCUT2D eigenvalue weighted by atomic mass is 16.4. The molecule has 0 unspecified atom stereocenters. The minimum Gasteiger partial charge on any atom is -0.435 e. The van der Waals surface area contributed by atoms with Crippen molar-refractivity contribution in [2.75, 3.05) is 6.54 Å². The molecule has 2 heterocycles. The van der Waals surface area contributed by atoms with Gasteiger partial charge >= 0.3 is 0 Å². The normalized spacial score (nSPS) is 19.6. The Kier molecular flexibility index (Phi) is 5.53. The lowest BCUT2D eigenvalue weighted by Gasteiger charge is -2.19. The first-order valence-electron chi connectivity index (χ1n) is 9.30. The number of nitrogens with one attached hydrogen (secondary N) is 1. The van der Waals surface area contributed by atoms with Crippen molar-refractivity contribution in [1.29, 1.82) is 5.26 Å². The van der Waals surface area contributed by atoms with Crippen LogP contribution in [0.4, 0.5) is 0 Å². The highest BCUT2D eigenvalue weighted by Gasteiger charge is 2.42. The number of carbonyl (C=O) groups is 1. The van der Waals surface area contributed by atoms with Crippen LogP contribution in [0.3, 0.4) is 0 Å². The van der Waals surface area contributed by atoms with Crippen LogP contribution in [0.5, 0.6) is 0 Å². The van der Waals surface area contributed by atoms with Crippen LogP contribution in [-0.4, -0.2) is 17.3 Å². The Labute approximate surface area is 154 Å². The number of nitrogens with zero attached hydrogens (tertiary/aromatic N) is 2. The molecule has 1 fully saturated rings. The van der Waals surface area contributed by atoms with Crippen LogP contribution in [-0.2, 0) is 12.0 Å². The molecule has 3 rings (SSSR count). The van der Waals surface area contributed by atoms with Crippen LogP contribution in [0.2, 0.25) is 0 Å². The number of hydrogen-bond acceptors (Lipinski definition) is 5. The summed E-state index contributed by atoms with van der Waals surface area (Å²) < 4.78 is 5.87. The molecule has 0 aliphatic carbocycles.